The smallest absolute Gasteiger partial charge is 0.313 e. The van der Waals surface area contributed by atoms with E-state index in [9.17, 15) is 4.79 Å². The molecule has 24 heavy (non-hydrogen) atoms. The number of cyclic esters (lactones) is 1. The van der Waals surface area contributed by atoms with E-state index >= 15 is 0 Å². The number of nitrogens with zero attached hydrogens (tertiary/aromatic N) is 1. The molecule has 0 aliphatic carbocycles. The normalized spacial score (nSPS) is 20.2. The minimum Gasteiger partial charge on any atom is -0.461 e. The van der Waals surface area contributed by atoms with Gasteiger partial charge in [0.2, 0.25) is 0 Å². The molecule has 0 aromatic carbocycles. The monoisotopic (exact) mass is 357 g/mol. The third-order valence-electron chi connectivity index (χ3n) is 4.83. The van der Waals surface area contributed by atoms with Gasteiger partial charge in [0.25, 0.3) is 0 Å². The van der Waals surface area contributed by atoms with Crippen molar-refractivity contribution in [2.75, 3.05) is 32.1 Å². The maximum Gasteiger partial charge on any atom is 0.313 e. The van der Waals surface area contributed by atoms with Crippen LogP contribution < -0.4 is 0 Å². The minimum atomic E-state index is 0.0561. The van der Waals surface area contributed by atoms with Gasteiger partial charge in [-0.25, -0.2) is 0 Å². The van der Waals surface area contributed by atoms with Gasteiger partial charge in [-0.3, -0.25) is 4.79 Å². The van der Waals surface area contributed by atoms with Crippen LogP contribution in [0.15, 0.2) is 0 Å². The second-order valence-electron chi connectivity index (χ2n) is 7.40. The van der Waals surface area contributed by atoms with E-state index in [2.05, 4.69) is 25.9 Å². The van der Waals surface area contributed by atoms with Gasteiger partial charge in [-0.1, -0.05) is 58.3 Å². The van der Waals surface area contributed by atoms with Crippen molar-refractivity contribution in [2.45, 2.75) is 83.7 Å². The highest BCUT2D eigenvalue weighted by molar-refractivity contribution is 7.99. The van der Waals surface area contributed by atoms with Crippen molar-refractivity contribution in [3.63, 3.8) is 0 Å². The van der Waals surface area contributed by atoms with Crippen LogP contribution in [0, 0.1) is 5.92 Å². The molecule has 0 bridgehead atoms. The largest absolute Gasteiger partial charge is 0.461 e. The van der Waals surface area contributed by atoms with Gasteiger partial charge in [0, 0.05) is 0 Å². The first-order valence-electron chi connectivity index (χ1n) is 10.1. The molecule has 4 heteroatoms. The van der Waals surface area contributed by atoms with E-state index in [1.165, 1.54) is 63.5 Å². The Bertz CT molecular complexity index is 323. The molecule has 0 spiro atoms. The number of ether oxygens (including phenoxy) is 1. The van der Waals surface area contributed by atoms with E-state index < -0.39 is 0 Å². The molecule has 3 nitrogen and oxygen atoms in total. The average molecular weight is 358 g/mol. The van der Waals surface area contributed by atoms with Crippen LogP contribution in [-0.2, 0) is 9.53 Å². The summed E-state index contributed by atoms with van der Waals surface area (Å²) in [5, 5.41) is 0. The lowest BCUT2D eigenvalue weighted by Crippen LogP contribution is -2.45. The molecule has 1 aliphatic rings. The zero-order valence-corrected chi connectivity index (χ0v) is 17.0. The summed E-state index contributed by atoms with van der Waals surface area (Å²) in [7, 11) is 4.24. The number of esters is 1. The second kappa shape index (κ2) is 14.0. The summed E-state index contributed by atoms with van der Waals surface area (Å²) in [5.41, 5.74) is 0. The molecule has 2 atom stereocenters. The Morgan fingerprint density at radius 1 is 0.917 bits per heavy atom. The number of hydrogen-bond donors (Lipinski definition) is 0. The summed E-state index contributed by atoms with van der Waals surface area (Å²) in [6.45, 7) is 3.42. The fraction of sp³-hybridized carbons (Fsp3) is 0.950. The lowest BCUT2D eigenvalue weighted by atomic mass is 9.89. The number of carbonyl (C=O) groups is 1. The first kappa shape index (κ1) is 21.8. The molecule has 0 aromatic rings. The highest BCUT2D eigenvalue weighted by atomic mass is 32.2. The Balaban J connectivity index is 1.95. The fourth-order valence-electron chi connectivity index (χ4n) is 3.24. The van der Waals surface area contributed by atoms with E-state index in [0.717, 1.165) is 25.1 Å². The van der Waals surface area contributed by atoms with Gasteiger partial charge in [0.05, 0.1) is 5.92 Å². The van der Waals surface area contributed by atoms with Crippen molar-refractivity contribution < 1.29 is 9.53 Å². The third kappa shape index (κ3) is 9.93. The Morgan fingerprint density at radius 2 is 1.58 bits per heavy atom. The lowest BCUT2D eigenvalue weighted by Gasteiger charge is -2.35. The Kier molecular flexibility index (Phi) is 12.7. The van der Waals surface area contributed by atoms with Crippen molar-refractivity contribution in [3.8, 4) is 0 Å². The van der Waals surface area contributed by atoms with Crippen LogP contribution >= 0.6 is 11.8 Å². The predicted molar refractivity (Wildman–Crippen MR) is 106 cm³/mol. The van der Waals surface area contributed by atoms with Crippen LogP contribution in [0.5, 0.6) is 0 Å². The molecule has 1 heterocycles. The molecule has 0 radical (unpaired) electrons. The van der Waals surface area contributed by atoms with Gasteiger partial charge >= 0.3 is 5.97 Å². The molecule has 0 aromatic heterocycles. The molecule has 142 valence electrons. The zero-order chi connectivity index (χ0) is 17.6. The van der Waals surface area contributed by atoms with E-state index in [0.29, 0.717) is 0 Å². The maximum absolute atomic E-state index is 11.7. The van der Waals surface area contributed by atoms with E-state index in [-0.39, 0.29) is 18.0 Å². The first-order valence-corrected chi connectivity index (χ1v) is 11.2. The third-order valence-corrected chi connectivity index (χ3v) is 5.93. The summed E-state index contributed by atoms with van der Waals surface area (Å²) >= 11 is 2.00. The highest BCUT2D eigenvalue weighted by Crippen LogP contribution is 2.31. The summed E-state index contributed by atoms with van der Waals surface area (Å²) in [4.78, 5) is 13.9. The second-order valence-corrected chi connectivity index (χ2v) is 8.63. The zero-order valence-electron chi connectivity index (χ0n) is 16.2. The first-order chi connectivity index (χ1) is 11.6. The molecule has 0 amide bonds. The molecule has 0 saturated carbocycles. The Hall–Kier alpha value is -0.220. The summed E-state index contributed by atoms with van der Waals surface area (Å²) < 4.78 is 5.36. The van der Waals surface area contributed by atoms with Crippen molar-refractivity contribution in [2.24, 2.45) is 5.92 Å². The Morgan fingerprint density at radius 3 is 2.21 bits per heavy atom. The fourth-order valence-corrected chi connectivity index (χ4v) is 4.18. The minimum absolute atomic E-state index is 0.0561. The molecule has 1 fully saturated rings. The molecule has 0 unspecified atom stereocenters. The molecule has 1 rings (SSSR count). The maximum atomic E-state index is 11.7. The summed E-state index contributed by atoms with van der Waals surface area (Å²) in [6, 6.07) is 0. The van der Waals surface area contributed by atoms with Gasteiger partial charge < -0.3 is 9.64 Å². The van der Waals surface area contributed by atoms with Crippen molar-refractivity contribution in [1.82, 2.24) is 4.90 Å². The number of hydrogen-bond acceptors (Lipinski definition) is 4. The standard InChI is InChI=1S/C20H39NO2S/c1-4-5-6-7-8-9-10-11-13-18-19(23-20(18)22)14-17-24-16-12-15-21(2)3/h18-19H,4-17H2,1-3H3/t18-,19-/m1/s1. The average Bonchev–Trinajstić information content (AvgIpc) is 2.55. The van der Waals surface area contributed by atoms with Gasteiger partial charge in [-0.15, -0.1) is 0 Å². The van der Waals surface area contributed by atoms with Gasteiger partial charge in [-0.2, -0.15) is 11.8 Å². The van der Waals surface area contributed by atoms with E-state index in [1.54, 1.807) is 0 Å². The number of thioether (sulfide) groups is 1. The van der Waals surface area contributed by atoms with Gasteiger partial charge in [-0.05, 0) is 51.4 Å². The quantitative estimate of drug-likeness (QED) is 0.283. The van der Waals surface area contributed by atoms with E-state index in [4.69, 9.17) is 4.74 Å². The topological polar surface area (TPSA) is 29.5 Å². The van der Waals surface area contributed by atoms with Crippen LogP contribution in [-0.4, -0.2) is 49.1 Å². The predicted octanol–water partition coefficient (Wildman–Crippen LogP) is 5.13. The summed E-state index contributed by atoms with van der Waals surface area (Å²) in [5.74, 6) is 2.59. The molecule has 0 N–H and O–H groups in total. The number of carbonyl (C=O) groups excluding carboxylic acids is 1. The highest BCUT2D eigenvalue weighted by Gasteiger charge is 2.40. The van der Waals surface area contributed by atoms with Crippen LogP contribution in [0.3, 0.4) is 0 Å². The number of unbranched alkanes of at least 4 members (excludes halogenated alkanes) is 7. The van der Waals surface area contributed by atoms with Crippen molar-refractivity contribution >= 4 is 17.7 Å². The Labute approximate surface area is 154 Å². The molecule has 1 saturated heterocycles. The van der Waals surface area contributed by atoms with E-state index in [1.807, 2.05) is 11.8 Å². The molecule has 1 aliphatic heterocycles. The van der Waals surface area contributed by atoms with Crippen LogP contribution in [0.1, 0.15) is 77.6 Å². The molecular formula is C20H39NO2S. The van der Waals surface area contributed by atoms with Crippen molar-refractivity contribution in [3.05, 3.63) is 0 Å². The van der Waals surface area contributed by atoms with Gasteiger partial charge in [0.1, 0.15) is 6.10 Å². The number of rotatable bonds is 16. The van der Waals surface area contributed by atoms with Crippen LogP contribution in [0.25, 0.3) is 0 Å². The lowest BCUT2D eigenvalue weighted by molar-refractivity contribution is -0.185. The van der Waals surface area contributed by atoms with Gasteiger partial charge in [0.15, 0.2) is 0 Å². The van der Waals surface area contributed by atoms with Crippen molar-refractivity contribution in [1.29, 1.82) is 0 Å². The van der Waals surface area contributed by atoms with Crippen LogP contribution in [0.4, 0.5) is 0 Å². The SMILES string of the molecule is CCCCCCCCCC[C@H]1C(=O)O[C@@H]1CCSCCCN(C)C. The molecular weight excluding hydrogens is 318 g/mol. The summed E-state index contributed by atoms with van der Waals surface area (Å²) in [6.07, 6.45) is 14.2. The van der Waals surface area contributed by atoms with Crippen LogP contribution in [0.2, 0.25) is 0 Å².